The molecular weight excluding hydrogens is 245 g/mol. The normalized spacial score (nSPS) is 26.2. The Morgan fingerprint density at radius 2 is 2.32 bits per heavy atom. The minimum absolute atomic E-state index is 0.178. The van der Waals surface area contributed by atoms with Crippen molar-refractivity contribution in [3.05, 3.63) is 29.6 Å². The zero-order valence-electron chi connectivity index (χ0n) is 11.0. The summed E-state index contributed by atoms with van der Waals surface area (Å²) in [5, 5.41) is 6.42. The number of carbonyl (C=O) groups is 1. The Labute approximate surface area is 112 Å². The van der Waals surface area contributed by atoms with Gasteiger partial charge in [0, 0.05) is 13.1 Å². The first-order valence-electron chi connectivity index (χ1n) is 6.77. The van der Waals surface area contributed by atoms with Gasteiger partial charge in [0.25, 0.3) is 5.91 Å². The summed E-state index contributed by atoms with van der Waals surface area (Å²) in [7, 11) is 0. The standard InChI is InChI=1S/C14H18FN3O/c1-2-18-12-5-4-10(15)8-11(12)13(19)17-14(18)6-3-7-16-9-14/h4-5,8,16H,2-3,6-7,9H2,1H3,(H,17,19)/t14-/m0/s1. The second-order valence-corrected chi connectivity index (χ2v) is 5.17. The molecule has 2 aliphatic rings. The first-order chi connectivity index (χ1) is 9.16. The van der Waals surface area contributed by atoms with Crippen LogP contribution in [0, 0.1) is 5.82 Å². The fourth-order valence-electron chi connectivity index (χ4n) is 3.20. The molecule has 1 amide bonds. The maximum Gasteiger partial charge on any atom is 0.255 e. The lowest BCUT2D eigenvalue weighted by atomic mass is 9.92. The van der Waals surface area contributed by atoms with Gasteiger partial charge in [-0.15, -0.1) is 0 Å². The summed E-state index contributed by atoms with van der Waals surface area (Å²) in [5.74, 6) is -0.550. The zero-order chi connectivity index (χ0) is 13.5. The van der Waals surface area contributed by atoms with Crippen LogP contribution in [0.1, 0.15) is 30.1 Å². The van der Waals surface area contributed by atoms with Crippen molar-refractivity contribution in [2.24, 2.45) is 0 Å². The number of amides is 1. The molecule has 0 aromatic heterocycles. The first-order valence-corrected chi connectivity index (χ1v) is 6.77. The van der Waals surface area contributed by atoms with Gasteiger partial charge in [-0.05, 0) is 44.5 Å². The van der Waals surface area contributed by atoms with Gasteiger partial charge in [0.15, 0.2) is 0 Å². The molecule has 2 aliphatic heterocycles. The highest BCUT2D eigenvalue weighted by molar-refractivity contribution is 6.02. The highest BCUT2D eigenvalue weighted by atomic mass is 19.1. The quantitative estimate of drug-likeness (QED) is 0.806. The number of fused-ring (bicyclic) bond motifs is 1. The van der Waals surface area contributed by atoms with E-state index in [1.165, 1.54) is 12.1 Å². The van der Waals surface area contributed by atoms with E-state index in [9.17, 15) is 9.18 Å². The summed E-state index contributed by atoms with van der Waals surface area (Å²) in [6, 6.07) is 4.45. The summed E-state index contributed by atoms with van der Waals surface area (Å²) < 4.78 is 13.3. The minimum Gasteiger partial charge on any atom is -0.347 e. The Morgan fingerprint density at radius 1 is 1.47 bits per heavy atom. The summed E-state index contributed by atoms with van der Waals surface area (Å²) >= 11 is 0. The molecule has 3 rings (SSSR count). The van der Waals surface area contributed by atoms with Crippen molar-refractivity contribution in [3.63, 3.8) is 0 Å². The predicted octanol–water partition coefficient (Wildman–Crippen LogP) is 1.48. The van der Waals surface area contributed by atoms with E-state index in [0.717, 1.165) is 38.2 Å². The van der Waals surface area contributed by atoms with Crippen molar-refractivity contribution in [1.82, 2.24) is 10.6 Å². The van der Waals surface area contributed by atoms with Crippen molar-refractivity contribution >= 4 is 11.6 Å². The fourth-order valence-corrected chi connectivity index (χ4v) is 3.20. The average molecular weight is 263 g/mol. The van der Waals surface area contributed by atoms with Gasteiger partial charge in [0.2, 0.25) is 0 Å². The van der Waals surface area contributed by atoms with Crippen molar-refractivity contribution in [2.45, 2.75) is 25.4 Å². The van der Waals surface area contributed by atoms with Crippen LogP contribution in [0.25, 0.3) is 0 Å². The van der Waals surface area contributed by atoms with E-state index in [0.29, 0.717) is 5.56 Å². The second-order valence-electron chi connectivity index (χ2n) is 5.17. The lowest BCUT2D eigenvalue weighted by Gasteiger charge is -2.51. The molecule has 102 valence electrons. The summed E-state index contributed by atoms with van der Waals surface area (Å²) in [6.07, 6.45) is 1.93. The molecule has 0 bridgehead atoms. The molecule has 1 aromatic carbocycles. The van der Waals surface area contributed by atoms with Crippen molar-refractivity contribution < 1.29 is 9.18 Å². The lowest BCUT2D eigenvalue weighted by molar-refractivity contribution is 0.0856. The molecule has 5 heteroatoms. The third-order valence-electron chi connectivity index (χ3n) is 4.03. The Kier molecular flexibility index (Phi) is 2.93. The van der Waals surface area contributed by atoms with Crippen LogP contribution in [-0.4, -0.2) is 31.2 Å². The van der Waals surface area contributed by atoms with Gasteiger partial charge in [-0.2, -0.15) is 0 Å². The van der Waals surface area contributed by atoms with Gasteiger partial charge in [-0.1, -0.05) is 0 Å². The van der Waals surface area contributed by atoms with Crippen LogP contribution in [-0.2, 0) is 0 Å². The molecule has 0 saturated carbocycles. The summed E-state index contributed by atoms with van der Waals surface area (Å²) in [5.41, 5.74) is 0.893. The van der Waals surface area contributed by atoms with Gasteiger partial charge >= 0.3 is 0 Å². The number of halogens is 1. The zero-order valence-corrected chi connectivity index (χ0v) is 11.0. The number of likely N-dealkylation sites (N-methyl/N-ethyl adjacent to an activating group) is 1. The molecule has 1 fully saturated rings. The van der Waals surface area contributed by atoms with E-state index in [-0.39, 0.29) is 17.4 Å². The van der Waals surface area contributed by atoms with Crippen molar-refractivity contribution in [2.75, 3.05) is 24.5 Å². The topological polar surface area (TPSA) is 44.4 Å². The van der Waals surface area contributed by atoms with Crippen LogP contribution in [0.5, 0.6) is 0 Å². The van der Waals surface area contributed by atoms with Crippen LogP contribution < -0.4 is 15.5 Å². The Morgan fingerprint density at radius 3 is 3.00 bits per heavy atom. The SMILES string of the molecule is CCN1c2ccc(F)cc2C(=O)N[C@@]12CCCNC2. The molecule has 2 N–H and O–H groups in total. The van der Waals surface area contributed by atoms with E-state index in [1.54, 1.807) is 6.07 Å². The third-order valence-corrected chi connectivity index (χ3v) is 4.03. The van der Waals surface area contributed by atoms with E-state index < -0.39 is 0 Å². The molecule has 19 heavy (non-hydrogen) atoms. The maximum absolute atomic E-state index is 13.3. The largest absolute Gasteiger partial charge is 0.347 e. The Hall–Kier alpha value is -1.62. The Balaban J connectivity index is 2.08. The van der Waals surface area contributed by atoms with E-state index >= 15 is 0 Å². The van der Waals surface area contributed by atoms with Crippen molar-refractivity contribution in [1.29, 1.82) is 0 Å². The summed E-state index contributed by atoms with van der Waals surface area (Å²) in [4.78, 5) is 14.4. The number of benzene rings is 1. The molecule has 0 aliphatic carbocycles. The number of rotatable bonds is 1. The molecule has 2 heterocycles. The van der Waals surface area contributed by atoms with E-state index in [2.05, 4.69) is 22.5 Å². The molecule has 4 nitrogen and oxygen atoms in total. The van der Waals surface area contributed by atoms with Gasteiger partial charge in [0.1, 0.15) is 11.5 Å². The molecule has 0 radical (unpaired) electrons. The van der Waals surface area contributed by atoms with E-state index in [4.69, 9.17) is 0 Å². The lowest BCUT2D eigenvalue weighted by Crippen LogP contribution is -2.70. The monoisotopic (exact) mass is 263 g/mol. The molecule has 1 spiro atoms. The number of piperidine rings is 1. The number of hydrogen-bond donors (Lipinski definition) is 2. The Bertz CT molecular complexity index is 511. The maximum atomic E-state index is 13.3. The van der Waals surface area contributed by atoms with E-state index in [1.807, 2.05) is 0 Å². The molecule has 1 aromatic rings. The third kappa shape index (κ3) is 1.89. The van der Waals surface area contributed by atoms with Gasteiger partial charge in [0.05, 0.1) is 11.3 Å². The predicted molar refractivity (Wildman–Crippen MR) is 71.7 cm³/mol. The number of nitrogens with one attached hydrogen (secondary N) is 2. The van der Waals surface area contributed by atoms with Gasteiger partial charge in [-0.3, -0.25) is 4.79 Å². The molecule has 1 atom stereocenters. The summed E-state index contributed by atoms with van der Waals surface area (Å²) in [6.45, 7) is 4.54. The molecule has 0 unspecified atom stereocenters. The molecule has 1 saturated heterocycles. The number of carbonyl (C=O) groups excluding carboxylic acids is 1. The van der Waals surface area contributed by atoms with Crippen molar-refractivity contribution in [3.8, 4) is 0 Å². The van der Waals surface area contributed by atoms with Crippen LogP contribution in [0.2, 0.25) is 0 Å². The minimum atomic E-state index is -0.373. The number of hydrogen-bond acceptors (Lipinski definition) is 3. The number of anilines is 1. The second kappa shape index (κ2) is 4.49. The van der Waals surface area contributed by atoms with Crippen LogP contribution >= 0.6 is 0 Å². The van der Waals surface area contributed by atoms with Crippen LogP contribution in [0.4, 0.5) is 10.1 Å². The van der Waals surface area contributed by atoms with Gasteiger partial charge in [-0.25, -0.2) is 4.39 Å². The average Bonchev–Trinajstić information content (AvgIpc) is 2.41. The highest BCUT2D eigenvalue weighted by Gasteiger charge is 2.43. The number of nitrogens with zero attached hydrogens (tertiary/aromatic N) is 1. The van der Waals surface area contributed by atoms with Crippen LogP contribution in [0.3, 0.4) is 0 Å². The first kappa shape index (κ1) is 12.4. The molecular formula is C14H18FN3O. The van der Waals surface area contributed by atoms with Gasteiger partial charge < -0.3 is 15.5 Å². The van der Waals surface area contributed by atoms with Crippen LogP contribution in [0.15, 0.2) is 18.2 Å². The smallest absolute Gasteiger partial charge is 0.255 e. The fraction of sp³-hybridized carbons (Fsp3) is 0.500. The highest BCUT2D eigenvalue weighted by Crippen LogP contribution is 2.34.